The number of hydrogen-bond donors (Lipinski definition) is 1. The van der Waals surface area contributed by atoms with Gasteiger partial charge in [-0.1, -0.05) is 19.4 Å². The van der Waals surface area contributed by atoms with Crippen molar-refractivity contribution in [2.75, 3.05) is 13.1 Å². The van der Waals surface area contributed by atoms with Crippen molar-refractivity contribution in [2.45, 2.75) is 52.1 Å². The fraction of sp³-hybridized carbons (Fsp3) is 0.846. The van der Waals surface area contributed by atoms with Crippen molar-refractivity contribution in [1.29, 1.82) is 0 Å². The van der Waals surface area contributed by atoms with E-state index in [0.29, 0.717) is 17.5 Å². The number of nitrogens with zero attached hydrogens (tertiary/aromatic N) is 1. The van der Waals surface area contributed by atoms with Gasteiger partial charge in [0.1, 0.15) is 0 Å². The molecule has 1 aliphatic carbocycles. The molecule has 2 unspecified atom stereocenters. The van der Waals surface area contributed by atoms with Crippen molar-refractivity contribution in [3.8, 4) is 0 Å². The highest BCUT2D eigenvalue weighted by Gasteiger charge is 2.37. The van der Waals surface area contributed by atoms with Gasteiger partial charge in [0, 0.05) is 25.2 Å². The molecule has 88 valence electrons. The predicted octanol–water partition coefficient (Wildman–Crippen LogP) is 2.40. The Labute approximate surface area is 94.5 Å². The Hall–Kier alpha value is -0.340. The second-order valence-corrected chi connectivity index (χ2v) is 5.46. The molecule has 0 aromatic heterocycles. The normalized spacial score (nSPS) is 31.5. The molecule has 2 heteroatoms. The molecule has 0 saturated heterocycles. The minimum absolute atomic E-state index is 0.313. The Kier molecular flexibility index (Phi) is 4.35. The summed E-state index contributed by atoms with van der Waals surface area (Å²) in [6, 6.07) is 0.955. The van der Waals surface area contributed by atoms with Gasteiger partial charge in [-0.25, -0.2) is 0 Å². The third-order valence-electron chi connectivity index (χ3n) is 3.82. The Morgan fingerprint density at radius 2 is 2.27 bits per heavy atom. The maximum Gasteiger partial charge on any atom is 0.0163 e. The van der Waals surface area contributed by atoms with Crippen molar-refractivity contribution in [3.05, 3.63) is 12.7 Å². The van der Waals surface area contributed by atoms with E-state index >= 15 is 0 Å². The first-order chi connectivity index (χ1) is 6.99. The number of rotatable bonds is 5. The van der Waals surface area contributed by atoms with E-state index in [1.165, 1.54) is 19.3 Å². The Morgan fingerprint density at radius 1 is 1.60 bits per heavy atom. The molecule has 0 aromatic carbocycles. The van der Waals surface area contributed by atoms with Crippen LogP contribution in [0.1, 0.15) is 40.0 Å². The van der Waals surface area contributed by atoms with Crippen LogP contribution in [0.15, 0.2) is 12.7 Å². The molecule has 0 spiro atoms. The summed E-state index contributed by atoms with van der Waals surface area (Å²) in [4.78, 5) is 2.47. The van der Waals surface area contributed by atoms with E-state index in [1.54, 1.807) is 0 Å². The van der Waals surface area contributed by atoms with E-state index < -0.39 is 0 Å². The van der Waals surface area contributed by atoms with Gasteiger partial charge in [-0.3, -0.25) is 4.90 Å². The molecule has 2 nitrogen and oxygen atoms in total. The van der Waals surface area contributed by atoms with E-state index in [0.717, 1.165) is 13.1 Å². The zero-order valence-corrected chi connectivity index (χ0v) is 10.5. The smallest absolute Gasteiger partial charge is 0.0163 e. The quantitative estimate of drug-likeness (QED) is 0.706. The molecule has 0 bridgehead atoms. The molecule has 0 aromatic rings. The Bertz CT molecular complexity index is 213. The first-order valence-electron chi connectivity index (χ1n) is 6.10. The zero-order chi connectivity index (χ0) is 11.5. The largest absolute Gasteiger partial charge is 0.327 e. The molecule has 1 fully saturated rings. The average molecular weight is 210 g/mol. The molecule has 0 amide bonds. The maximum atomic E-state index is 6.21. The molecule has 1 rings (SSSR count). The monoisotopic (exact) mass is 210 g/mol. The topological polar surface area (TPSA) is 29.3 Å². The van der Waals surface area contributed by atoms with Crippen LogP contribution in [0, 0.1) is 5.41 Å². The summed E-state index contributed by atoms with van der Waals surface area (Å²) in [5, 5.41) is 0. The van der Waals surface area contributed by atoms with Crippen LogP contribution in [0.5, 0.6) is 0 Å². The highest BCUT2D eigenvalue weighted by atomic mass is 15.2. The summed E-state index contributed by atoms with van der Waals surface area (Å²) in [5.41, 5.74) is 6.52. The molecule has 2 atom stereocenters. The lowest BCUT2D eigenvalue weighted by atomic mass is 9.84. The summed E-state index contributed by atoms with van der Waals surface area (Å²) in [7, 11) is 0. The second kappa shape index (κ2) is 5.13. The van der Waals surface area contributed by atoms with Crippen LogP contribution in [0.3, 0.4) is 0 Å². The standard InChI is InChI=1S/C13H26N2/c1-5-9-15(11(2)3)10-13(4)8-6-7-12(13)14/h5,11-12H,1,6-10,14H2,2-4H3. The maximum absolute atomic E-state index is 6.21. The molecular weight excluding hydrogens is 184 g/mol. The van der Waals surface area contributed by atoms with Gasteiger partial charge in [-0.05, 0) is 32.1 Å². The van der Waals surface area contributed by atoms with Crippen LogP contribution in [0.25, 0.3) is 0 Å². The van der Waals surface area contributed by atoms with Crippen LogP contribution < -0.4 is 5.73 Å². The fourth-order valence-electron chi connectivity index (χ4n) is 2.54. The second-order valence-electron chi connectivity index (χ2n) is 5.46. The molecule has 15 heavy (non-hydrogen) atoms. The van der Waals surface area contributed by atoms with Crippen LogP contribution in [0.2, 0.25) is 0 Å². The van der Waals surface area contributed by atoms with Crippen molar-refractivity contribution in [2.24, 2.45) is 11.1 Å². The SMILES string of the molecule is C=CCN(CC1(C)CCCC1N)C(C)C. The van der Waals surface area contributed by atoms with Crippen LogP contribution in [0.4, 0.5) is 0 Å². The lowest BCUT2D eigenvalue weighted by Crippen LogP contribution is -2.46. The van der Waals surface area contributed by atoms with Crippen molar-refractivity contribution in [3.63, 3.8) is 0 Å². The summed E-state index contributed by atoms with van der Waals surface area (Å²) in [6.07, 6.45) is 5.74. The van der Waals surface area contributed by atoms with E-state index in [-0.39, 0.29) is 0 Å². The minimum Gasteiger partial charge on any atom is -0.327 e. The van der Waals surface area contributed by atoms with Gasteiger partial charge in [-0.2, -0.15) is 0 Å². The third kappa shape index (κ3) is 3.05. The van der Waals surface area contributed by atoms with Gasteiger partial charge in [0.25, 0.3) is 0 Å². The number of hydrogen-bond acceptors (Lipinski definition) is 2. The highest BCUT2D eigenvalue weighted by Crippen LogP contribution is 2.37. The number of nitrogens with two attached hydrogens (primary N) is 1. The minimum atomic E-state index is 0.313. The molecular formula is C13H26N2. The van der Waals surface area contributed by atoms with E-state index in [4.69, 9.17) is 5.73 Å². The van der Waals surface area contributed by atoms with Crippen molar-refractivity contribution in [1.82, 2.24) is 4.90 Å². The molecule has 1 saturated carbocycles. The van der Waals surface area contributed by atoms with E-state index in [9.17, 15) is 0 Å². The Morgan fingerprint density at radius 3 is 2.67 bits per heavy atom. The van der Waals surface area contributed by atoms with Crippen molar-refractivity contribution < 1.29 is 0 Å². The van der Waals surface area contributed by atoms with Crippen LogP contribution in [-0.4, -0.2) is 30.1 Å². The lowest BCUT2D eigenvalue weighted by molar-refractivity contribution is 0.137. The fourth-order valence-corrected chi connectivity index (χ4v) is 2.54. The van der Waals surface area contributed by atoms with Gasteiger partial charge < -0.3 is 5.73 Å². The van der Waals surface area contributed by atoms with Gasteiger partial charge in [-0.15, -0.1) is 6.58 Å². The summed E-state index contributed by atoms with van der Waals surface area (Å²) >= 11 is 0. The molecule has 0 radical (unpaired) electrons. The van der Waals surface area contributed by atoms with E-state index in [1.807, 2.05) is 6.08 Å². The zero-order valence-electron chi connectivity index (χ0n) is 10.5. The molecule has 0 aliphatic heterocycles. The molecule has 1 aliphatic rings. The predicted molar refractivity (Wildman–Crippen MR) is 66.8 cm³/mol. The van der Waals surface area contributed by atoms with Crippen molar-refractivity contribution >= 4 is 0 Å². The highest BCUT2D eigenvalue weighted by molar-refractivity contribution is 4.94. The summed E-state index contributed by atoms with van der Waals surface area (Å²) in [5.74, 6) is 0. The first-order valence-corrected chi connectivity index (χ1v) is 6.10. The lowest BCUT2D eigenvalue weighted by Gasteiger charge is -2.37. The first kappa shape index (κ1) is 12.7. The van der Waals surface area contributed by atoms with Gasteiger partial charge in [0.05, 0.1) is 0 Å². The van der Waals surface area contributed by atoms with Gasteiger partial charge >= 0.3 is 0 Å². The van der Waals surface area contributed by atoms with Crippen LogP contribution in [-0.2, 0) is 0 Å². The average Bonchev–Trinajstić information content (AvgIpc) is 2.46. The molecule has 0 heterocycles. The molecule has 2 N–H and O–H groups in total. The summed E-state index contributed by atoms with van der Waals surface area (Å²) in [6.45, 7) is 12.7. The summed E-state index contributed by atoms with van der Waals surface area (Å²) < 4.78 is 0. The van der Waals surface area contributed by atoms with Gasteiger partial charge in [0.15, 0.2) is 0 Å². The van der Waals surface area contributed by atoms with E-state index in [2.05, 4.69) is 32.3 Å². The Balaban J connectivity index is 2.60. The third-order valence-corrected chi connectivity index (χ3v) is 3.82. The van der Waals surface area contributed by atoms with Crippen LogP contribution >= 0.6 is 0 Å². The van der Waals surface area contributed by atoms with Gasteiger partial charge in [0.2, 0.25) is 0 Å².